The summed E-state index contributed by atoms with van der Waals surface area (Å²) in [4.78, 5) is 24.9. The molecule has 2 amide bonds. The number of hydrogen-bond donors (Lipinski definition) is 2. The topological polar surface area (TPSA) is 76.0 Å². The van der Waals surface area contributed by atoms with Gasteiger partial charge in [0.05, 0.1) is 18.7 Å². The Morgan fingerprint density at radius 3 is 2.86 bits per heavy atom. The van der Waals surface area contributed by atoms with E-state index in [1.54, 1.807) is 35.1 Å². The van der Waals surface area contributed by atoms with E-state index in [1.165, 1.54) is 18.2 Å². The van der Waals surface area contributed by atoms with E-state index in [0.29, 0.717) is 33.7 Å². The molecule has 0 spiro atoms. The number of aromatic nitrogens is 2. The third-order valence-corrected chi connectivity index (χ3v) is 5.26. The molecular weight excluding hydrogens is 418 g/mol. The quantitative estimate of drug-likeness (QED) is 0.639. The van der Waals surface area contributed by atoms with Crippen LogP contribution < -0.4 is 10.6 Å². The molecule has 2 heterocycles. The van der Waals surface area contributed by atoms with Crippen LogP contribution in [0.2, 0.25) is 10.0 Å². The van der Waals surface area contributed by atoms with E-state index in [4.69, 9.17) is 23.2 Å². The largest absolute Gasteiger partial charge is 0.326 e. The Labute approximate surface area is 175 Å². The average molecular weight is 433 g/mol. The molecule has 4 rings (SSSR count). The Kier molecular flexibility index (Phi) is 5.25. The lowest BCUT2D eigenvalue weighted by atomic mass is 9.89. The van der Waals surface area contributed by atoms with Crippen LogP contribution in [0.5, 0.6) is 0 Å². The van der Waals surface area contributed by atoms with Crippen LogP contribution in [0.4, 0.5) is 15.9 Å². The lowest BCUT2D eigenvalue weighted by Crippen LogP contribution is -2.31. The first-order chi connectivity index (χ1) is 13.9. The normalized spacial score (nSPS) is 15.6. The molecule has 0 saturated heterocycles. The summed E-state index contributed by atoms with van der Waals surface area (Å²) in [6.45, 7) is 0.325. The molecule has 1 atom stereocenters. The van der Waals surface area contributed by atoms with Crippen LogP contribution in [-0.4, -0.2) is 21.6 Å². The van der Waals surface area contributed by atoms with Crippen LogP contribution in [-0.2, 0) is 16.1 Å². The number of carbonyl (C=O) groups is 2. The molecule has 9 heteroatoms. The van der Waals surface area contributed by atoms with Gasteiger partial charge < -0.3 is 10.6 Å². The first-order valence-electron chi connectivity index (χ1n) is 8.76. The minimum atomic E-state index is -0.734. The van der Waals surface area contributed by atoms with Crippen molar-refractivity contribution >= 4 is 46.5 Å². The summed E-state index contributed by atoms with van der Waals surface area (Å²) < 4.78 is 15.1. The highest BCUT2D eigenvalue weighted by Gasteiger charge is 2.31. The second-order valence-electron chi connectivity index (χ2n) is 6.64. The molecule has 1 aliphatic heterocycles. The van der Waals surface area contributed by atoms with Crippen LogP contribution in [0.3, 0.4) is 0 Å². The van der Waals surface area contributed by atoms with Gasteiger partial charge in [-0.3, -0.25) is 9.59 Å². The van der Waals surface area contributed by atoms with E-state index in [9.17, 15) is 14.0 Å². The maximum absolute atomic E-state index is 13.5. The van der Waals surface area contributed by atoms with Gasteiger partial charge in [0.1, 0.15) is 11.6 Å². The second-order valence-corrected chi connectivity index (χ2v) is 7.48. The summed E-state index contributed by atoms with van der Waals surface area (Å²) in [7, 11) is 0. The van der Waals surface area contributed by atoms with Crippen molar-refractivity contribution in [3.05, 3.63) is 75.7 Å². The van der Waals surface area contributed by atoms with Gasteiger partial charge in [0, 0.05) is 28.2 Å². The zero-order chi connectivity index (χ0) is 20.5. The molecule has 2 N–H and O–H groups in total. The van der Waals surface area contributed by atoms with Crippen LogP contribution in [0.25, 0.3) is 0 Å². The smallest absolute Gasteiger partial charge is 0.233 e. The van der Waals surface area contributed by atoms with E-state index in [0.717, 1.165) is 5.56 Å². The summed E-state index contributed by atoms with van der Waals surface area (Å²) in [5.74, 6) is -1.48. The third-order valence-electron chi connectivity index (χ3n) is 4.67. The van der Waals surface area contributed by atoms with Gasteiger partial charge in [-0.05, 0) is 35.4 Å². The molecule has 0 fully saturated rings. The summed E-state index contributed by atoms with van der Waals surface area (Å²) in [6, 6.07) is 10.8. The zero-order valence-electron chi connectivity index (χ0n) is 15.0. The summed E-state index contributed by atoms with van der Waals surface area (Å²) in [5, 5.41) is 10.6. The number of nitrogens with one attached hydrogen (secondary N) is 2. The number of halogens is 3. The molecular formula is C20H15Cl2FN4O2. The predicted molar refractivity (Wildman–Crippen MR) is 109 cm³/mol. The molecule has 3 aromatic rings. The fourth-order valence-electron chi connectivity index (χ4n) is 3.26. The maximum atomic E-state index is 13.5. The van der Waals surface area contributed by atoms with Gasteiger partial charge in [-0.15, -0.1) is 0 Å². The van der Waals surface area contributed by atoms with Crippen molar-refractivity contribution in [2.75, 3.05) is 10.6 Å². The molecule has 0 saturated carbocycles. The van der Waals surface area contributed by atoms with Gasteiger partial charge in [0.2, 0.25) is 11.8 Å². The Bertz CT molecular complexity index is 1120. The van der Waals surface area contributed by atoms with Crippen molar-refractivity contribution in [3.63, 3.8) is 0 Å². The molecule has 0 aliphatic carbocycles. The zero-order valence-corrected chi connectivity index (χ0v) is 16.5. The highest BCUT2D eigenvalue weighted by molar-refractivity contribution is 6.35. The van der Waals surface area contributed by atoms with Crippen molar-refractivity contribution in [2.24, 2.45) is 0 Å². The molecule has 0 radical (unpaired) electrons. The molecule has 148 valence electrons. The average Bonchev–Trinajstić information content (AvgIpc) is 3.09. The summed E-state index contributed by atoms with van der Waals surface area (Å²) >= 11 is 12.2. The molecule has 0 bridgehead atoms. The standard InChI is InChI=1S/C20H15Cl2FN4O2/c21-12-2-1-11(16(22)7-12)10-27-18(5-6-24-27)26-20(29)15-9-19(28)25-17-8-13(23)3-4-14(15)17/h1-8,15H,9-10H2,(H,25,28)(H,26,29). The molecule has 1 unspecified atom stereocenters. The maximum Gasteiger partial charge on any atom is 0.233 e. The third kappa shape index (κ3) is 4.11. The minimum absolute atomic E-state index is 0.0262. The number of benzene rings is 2. The van der Waals surface area contributed by atoms with Gasteiger partial charge in [-0.2, -0.15) is 5.10 Å². The Hall–Kier alpha value is -2.90. The molecule has 6 nitrogen and oxygen atoms in total. The number of amides is 2. The monoisotopic (exact) mass is 432 g/mol. The van der Waals surface area contributed by atoms with E-state index in [-0.39, 0.29) is 18.2 Å². The highest BCUT2D eigenvalue weighted by Crippen LogP contribution is 2.33. The van der Waals surface area contributed by atoms with Crippen LogP contribution in [0, 0.1) is 5.82 Å². The first kappa shape index (κ1) is 19.4. The number of hydrogen-bond acceptors (Lipinski definition) is 3. The number of fused-ring (bicyclic) bond motifs is 1. The highest BCUT2D eigenvalue weighted by atomic mass is 35.5. The van der Waals surface area contributed by atoms with Gasteiger partial charge in [-0.25, -0.2) is 9.07 Å². The van der Waals surface area contributed by atoms with E-state index >= 15 is 0 Å². The fraction of sp³-hybridized carbons (Fsp3) is 0.150. The lowest BCUT2D eigenvalue weighted by Gasteiger charge is -2.25. The van der Waals surface area contributed by atoms with E-state index in [2.05, 4.69) is 15.7 Å². The summed E-state index contributed by atoms with van der Waals surface area (Å²) in [5.41, 5.74) is 1.66. The lowest BCUT2D eigenvalue weighted by molar-refractivity contribution is -0.123. The van der Waals surface area contributed by atoms with Crippen molar-refractivity contribution < 1.29 is 14.0 Å². The number of anilines is 2. The number of rotatable bonds is 4. The minimum Gasteiger partial charge on any atom is -0.326 e. The van der Waals surface area contributed by atoms with Crippen LogP contribution in [0.15, 0.2) is 48.7 Å². The van der Waals surface area contributed by atoms with Crippen molar-refractivity contribution in [3.8, 4) is 0 Å². The second kappa shape index (κ2) is 7.85. The van der Waals surface area contributed by atoms with Gasteiger partial charge >= 0.3 is 0 Å². The van der Waals surface area contributed by atoms with E-state index in [1.807, 2.05) is 0 Å². The molecule has 1 aliphatic rings. The van der Waals surface area contributed by atoms with E-state index < -0.39 is 11.7 Å². The van der Waals surface area contributed by atoms with Crippen LogP contribution in [0.1, 0.15) is 23.5 Å². The Balaban J connectivity index is 1.56. The predicted octanol–water partition coefficient (Wildman–Crippen LogP) is 4.44. The number of carbonyl (C=O) groups excluding carboxylic acids is 2. The van der Waals surface area contributed by atoms with Gasteiger partial charge in [0.15, 0.2) is 0 Å². The van der Waals surface area contributed by atoms with Crippen molar-refractivity contribution in [1.82, 2.24) is 9.78 Å². The van der Waals surface area contributed by atoms with Crippen molar-refractivity contribution in [1.29, 1.82) is 0 Å². The van der Waals surface area contributed by atoms with Crippen LogP contribution >= 0.6 is 23.2 Å². The van der Waals surface area contributed by atoms with Gasteiger partial charge in [0.25, 0.3) is 0 Å². The first-order valence-corrected chi connectivity index (χ1v) is 9.52. The SMILES string of the molecule is O=C1CC(C(=O)Nc2ccnn2Cc2ccc(Cl)cc2Cl)c2ccc(F)cc2N1. The van der Waals surface area contributed by atoms with Gasteiger partial charge in [-0.1, -0.05) is 35.3 Å². The Morgan fingerprint density at radius 1 is 1.24 bits per heavy atom. The Morgan fingerprint density at radius 2 is 2.07 bits per heavy atom. The fourth-order valence-corrected chi connectivity index (χ4v) is 3.73. The number of nitrogens with zero attached hydrogens (tertiary/aromatic N) is 2. The van der Waals surface area contributed by atoms with Crippen molar-refractivity contribution in [2.45, 2.75) is 18.9 Å². The molecule has 2 aromatic carbocycles. The summed E-state index contributed by atoms with van der Waals surface area (Å²) in [6.07, 6.45) is 1.53. The molecule has 1 aromatic heterocycles. The molecule has 29 heavy (non-hydrogen) atoms.